The molecule has 1 amide bonds. The highest BCUT2D eigenvalue weighted by Crippen LogP contribution is 2.39. The number of nitrogens with zero attached hydrogens (tertiary/aromatic N) is 1. The van der Waals surface area contributed by atoms with Crippen molar-refractivity contribution in [3.05, 3.63) is 88.5 Å². The zero-order valence-corrected chi connectivity index (χ0v) is 25.6. The van der Waals surface area contributed by atoms with Gasteiger partial charge in [-0.15, -0.1) is 0 Å². The molecular formula is C34H40N2O8. The molecule has 5 rings (SSSR count). The molecule has 1 unspecified atom stereocenters. The summed E-state index contributed by atoms with van der Waals surface area (Å²) in [5, 5.41) is 12.3. The fourth-order valence-corrected chi connectivity index (χ4v) is 5.73. The standard InChI is InChI=1S/C34H40N2O8/c1-21(42-22(2)38)33(39)35-28-7-5-6-26(14-28)34-43-29(17-30(44-34)24-10-8-23(20-37)9-11-24)19-36-13-12-25-15-31(40-3)32(41-4)16-27(25)18-36/h5-11,14-16,21,29-30,34,37H,12-13,17-20H2,1-4H3,(H,35,39)/t21-,29-,30+,34?/m0/s1. The number of esters is 1. The van der Waals surface area contributed by atoms with Crippen molar-refractivity contribution in [2.24, 2.45) is 0 Å². The van der Waals surface area contributed by atoms with Crippen LogP contribution in [-0.2, 0) is 43.4 Å². The quantitative estimate of drug-likeness (QED) is 0.318. The number of rotatable bonds is 10. The lowest BCUT2D eigenvalue weighted by Crippen LogP contribution is -2.41. The zero-order valence-electron chi connectivity index (χ0n) is 25.6. The average molecular weight is 605 g/mol. The van der Waals surface area contributed by atoms with E-state index in [1.165, 1.54) is 25.0 Å². The van der Waals surface area contributed by atoms with Gasteiger partial charge in [0.2, 0.25) is 0 Å². The molecule has 0 spiro atoms. The number of aliphatic hydroxyl groups excluding tert-OH is 1. The van der Waals surface area contributed by atoms with Crippen LogP contribution >= 0.6 is 0 Å². The minimum absolute atomic E-state index is 0.0259. The van der Waals surface area contributed by atoms with Gasteiger partial charge in [0.25, 0.3) is 5.91 Å². The molecule has 10 heteroatoms. The van der Waals surface area contributed by atoms with Gasteiger partial charge in [0.15, 0.2) is 23.9 Å². The van der Waals surface area contributed by atoms with Crippen molar-refractivity contribution in [1.82, 2.24) is 4.90 Å². The maximum Gasteiger partial charge on any atom is 0.303 e. The molecule has 0 radical (unpaired) electrons. The van der Waals surface area contributed by atoms with E-state index >= 15 is 0 Å². The number of aliphatic hydroxyl groups is 1. The molecule has 2 heterocycles. The molecule has 2 N–H and O–H groups in total. The van der Waals surface area contributed by atoms with Crippen LogP contribution in [0.3, 0.4) is 0 Å². The van der Waals surface area contributed by atoms with E-state index in [-0.39, 0.29) is 18.8 Å². The molecular weight excluding hydrogens is 564 g/mol. The summed E-state index contributed by atoms with van der Waals surface area (Å²) >= 11 is 0. The number of hydrogen-bond donors (Lipinski definition) is 2. The molecule has 1 saturated heterocycles. The fourth-order valence-electron chi connectivity index (χ4n) is 5.73. The number of hydrogen-bond acceptors (Lipinski definition) is 9. The molecule has 3 aromatic rings. The maximum atomic E-state index is 12.6. The van der Waals surface area contributed by atoms with Crippen molar-refractivity contribution in [3.63, 3.8) is 0 Å². The lowest BCUT2D eigenvalue weighted by molar-refractivity contribution is -0.253. The van der Waals surface area contributed by atoms with Crippen LogP contribution in [0.4, 0.5) is 5.69 Å². The molecule has 2 aliphatic rings. The van der Waals surface area contributed by atoms with Crippen LogP contribution < -0.4 is 14.8 Å². The molecule has 3 aromatic carbocycles. The van der Waals surface area contributed by atoms with Gasteiger partial charge in [0.1, 0.15) is 0 Å². The second-order valence-electron chi connectivity index (χ2n) is 11.2. The smallest absolute Gasteiger partial charge is 0.303 e. The number of benzene rings is 3. The first-order chi connectivity index (χ1) is 21.3. The van der Waals surface area contributed by atoms with Crippen molar-refractivity contribution in [3.8, 4) is 11.5 Å². The van der Waals surface area contributed by atoms with Crippen LogP contribution in [0, 0.1) is 0 Å². The van der Waals surface area contributed by atoms with Gasteiger partial charge >= 0.3 is 5.97 Å². The number of carbonyl (C=O) groups is 2. The number of nitrogens with one attached hydrogen (secondary N) is 1. The van der Waals surface area contributed by atoms with E-state index in [2.05, 4.69) is 22.3 Å². The largest absolute Gasteiger partial charge is 0.493 e. The van der Waals surface area contributed by atoms with E-state index in [0.717, 1.165) is 47.7 Å². The summed E-state index contributed by atoms with van der Waals surface area (Å²) in [6.45, 7) is 5.11. The van der Waals surface area contributed by atoms with E-state index < -0.39 is 24.3 Å². The highest BCUT2D eigenvalue weighted by molar-refractivity contribution is 5.95. The molecule has 1 fully saturated rings. The van der Waals surface area contributed by atoms with Gasteiger partial charge in [-0.25, -0.2) is 0 Å². The molecule has 0 aliphatic carbocycles. The molecule has 234 valence electrons. The first-order valence-electron chi connectivity index (χ1n) is 14.8. The van der Waals surface area contributed by atoms with Crippen LogP contribution in [0.15, 0.2) is 60.7 Å². The topological polar surface area (TPSA) is 116 Å². The maximum absolute atomic E-state index is 12.6. The van der Waals surface area contributed by atoms with E-state index in [0.29, 0.717) is 18.7 Å². The molecule has 4 atom stereocenters. The monoisotopic (exact) mass is 604 g/mol. The predicted molar refractivity (Wildman–Crippen MR) is 163 cm³/mol. The number of amides is 1. The van der Waals surface area contributed by atoms with Crippen molar-refractivity contribution in [2.45, 2.75) is 64.4 Å². The number of carbonyl (C=O) groups excluding carboxylic acids is 2. The van der Waals surface area contributed by atoms with Crippen LogP contribution in [0.5, 0.6) is 11.5 Å². The second-order valence-corrected chi connectivity index (χ2v) is 11.2. The third kappa shape index (κ3) is 7.57. The molecule has 44 heavy (non-hydrogen) atoms. The summed E-state index contributed by atoms with van der Waals surface area (Å²) in [5.41, 5.74) is 5.60. The highest BCUT2D eigenvalue weighted by Gasteiger charge is 2.34. The molecule has 2 aliphatic heterocycles. The lowest BCUT2D eigenvalue weighted by atomic mass is 9.97. The Balaban J connectivity index is 1.35. The Kier molecular flexibility index (Phi) is 10.2. The Bertz CT molecular complexity index is 1460. The lowest BCUT2D eigenvalue weighted by Gasteiger charge is -2.39. The summed E-state index contributed by atoms with van der Waals surface area (Å²) in [6.07, 6.45) is -0.441. The van der Waals surface area contributed by atoms with Crippen LogP contribution in [0.2, 0.25) is 0 Å². The first-order valence-corrected chi connectivity index (χ1v) is 14.8. The highest BCUT2D eigenvalue weighted by atomic mass is 16.7. The van der Waals surface area contributed by atoms with Crippen molar-refractivity contribution in [2.75, 3.05) is 32.6 Å². The van der Waals surface area contributed by atoms with E-state index in [1.54, 1.807) is 20.3 Å². The van der Waals surface area contributed by atoms with Gasteiger partial charge < -0.3 is 34.1 Å². The number of ether oxygens (including phenoxy) is 5. The SMILES string of the molecule is COc1cc2c(cc1OC)CN(C[C@@H]1C[C@H](c3ccc(CO)cc3)OC(c3cccc(NC(=O)[C@H](C)OC(C)=O)c3)O1)CC2. The molecule has 10 nitrogen and oxygen atoms in total. The molecule has 0 saturated carbocycles. The third-order valence-corrected chi connectivity index (χ3v) is 8.01. The average Bonchev–Trinajstić information content (AvgIpc) is 3.03. The van der Waals surface area contributed by atoms with E-state index in [1.807, 2.05) is 42.5 Å². The van der Waals surface area contributed by atoms with E-state index in [4.69, 9.17) is 23.7 Å². The van der Waals surface area contributed by atoms with Gasteiger partial charge in [0.05, 0.1) is 33.0 Å². The number of anilines is 1. The summed E-state index contributed by atoms with van der Waals surface area (Å²) in [6, 6.07) is 19.2. The Morgan fingerprint density at radius 3 is 2.41 bits per heavy atom. The zero-order chi connectivity index (χ0) is 31.2. The Morgan fingerprint density at radius 2 is 1.73 bits per heavy atom. The summed E-state index contributed by atoms with van der Waals surface area (Å²) in [5.74, 6) is 0.508. The third-order valence-electron chi connectivity index (χ3n) is 8.01. The summed E-state index contributed by atoms with van der Waals surface area (Å²) in [7, 11) is 3.30. The Morgan fingerprint density at radius 1 is 1.00 bits per heavy atom. The number of methoxy groups -OCH3 is 2. The molecule has 0 aromatic heterocycles. The normalized spacial score (nSPS) is 20.7. The van der Waals surface area contributed by atoms with E-state index in [9.17, 15) is 14.7 Å². The first kappa shape index (κ1) is 31.5. The Labute approximate surface area is 257 Å². The predicted octanol–water partition coefficient (Wildman–Crippen LogP) is 4.69. The minimum atomic E-state index is -0.926. The van der Waals surface area contributed by atoms with Crippen molar-refractivity contribution >= 4 is 17.6 Å². The Hall–Kier alpha value is -3.96. The van der Waals surface area contributed by atoms with Gasteiger partial charge in [-0.2, -0.15) is 0 Å². The van der Waals surface area contributed by atoms with Gasteiger partial charge in [-0.3, -0.25) is 14.5 Å². The molecule has 0 bridgehead atoms. The van der Waals surface area contributed by atoms with Gasteiger partial charge in [-0.05, 0) is 59.9 Å². The van der Waals surface area contributed by atoms with Gasteiger partial charge in [0, 0.05) is 44.2 Å². The fraction of sp³-hybridized carbons (Fsp3) is 0.412. The van der Waals surface area contributed by atoms with Crippen LogP contribution in [-0.4, -0.2) is 61.4 Å². The van der Waals surface area contributed by atoms with Crippen molar-refractivity contribution in [1.29, 1.82) is 0 Å². The second kappa shape index (κ2) is 14.2. The van der Waals surface area contributed by atoms with Crippen LogP contribution in [0.25, 0.3) is 0 Å². The summed E-state index contributed by atoms with van der Waals surface area (Å²) in [4.78, 5) is 26.2. The minimum Gasteiger partial charge on any atom is -0.493 e. The van der Waals surface area contributed by atoms with Crippen molar-refractivity contribution < 1.29 is 38.4 Å². The number of fused-ring (bicyclic) bond motifs is 1. The van der Waals surface area contributed by atoms with Gasteiger partial charge in [-0.1, -0.05) is 36.4 Å². The summed E-state index contributed by atoms with van der Waals surface area (Å²) < 4.78 is 29.1. The van der Waals surface area contributed by atoms with Crippen LogP contribution in [0.1, 0.15) is 60.5 Å².